The number of piperidine rings is 1. The molecule has 1 atom stereocenters. The Hall–Kier alpha value is -15.6. The van der Waals surface area contributed by atoms with E-state index in [4.69, 9.17) is 46.4 Å². The number of ether oxygens (including phenoxy) is 3. The number of benzene rings is 3. The van der Waals surface area contributed by atoms with Gasteiger partial charge in [0, 0.05) is 115 Å². The van der Waals surface area contributed by atoms with Crippen molar-refractivity contribution < 1.29 is 80.6 Å². The van der Waals surface area contributed by atoms with Crippen LogP contribution in [0.5, 0.6) is 17.4 Å². The lowest BCUT2D eigenvalue weighted by Gasteiger charge is -2.38. The number of rotatable bonds is 29. The van der Waals surface area contributed by atoms with E-state index >= 15 is 0 Å². The number of carbonyl (C=O) groups excluding carboxylic acids is 5. The Labute approximate surface area is 870 Å². The van der Waals surface area contributed by atoms with Crippen molar-refractivity contribution >= 4 is 110 Å². The first-order chi connectivity index (χ1) is 70.7. The number of hydrogen-bond acceptors (Lipinski definition) is 33. The van der Waals surface area contributed by atoms with E-state index in [0.717, 1.165) is 41.5 Å². The summed E-state index contributed by atoms with van der Waals surface area (Å²) in [4.78, 5) is 112. The Bertz CT molecular complexity index is 7690. The zero-order valence-electron chi connectivity index (χ0n) is 85.5. The van der Waals surface area contributed by atoms with E-state index in [-0.39, 0.29) is 114 Å². The highest BCUT2D eigenvalue weighted by atomic mass is 32.2. The molecule has 0 bridgehead atoms. The Kier molecular flexibility index (Phi) is 33.5. The zero-order valence-corrected chi connectivity index (χ0v) is 88.8. The van der Waals surface area contributed by atoms with Crippen LogP contribution < -0.4 is 69.9 Å². The first kappa shape index (κ1) is 110. The second kappa shape index (κ2) is 45.6. The molecule has 4 aliphatic heterocycles. The monoisotopic (exact) mass is 2120 g/mol. The number of nitrogen functional groups attached to an aromatic ring is 3. The highest BCUT2D eigenvalue weighted by Gasteiger charge is 2.43. The molecule has 14 heterocycles. The lowest BCUT2D eigenvalue weighted by atomic mass is 9.82. The molecule has 38 nitrogen and oxygen atoms in total. The van der Waals surface area contributed by atoms with Gasteiger partial charge in [0.25, 0.3) is 63.7 Å². The third-order valence-electron chi connectivity index (χ3n) is 24.5. The SMILES string of the molecule is CC(C)COc1cc(F)cc(-c2ccc(C(=O)NS(=O)(=O)c3cccc(N)n3)c(N3CC(=O)CC3(C)C)n2)c1.CC(C)COc1cc(F)cc(-c2ccc(C(=O)NS(=O)(=O)c3ccccn3)c(N3CCC(C)(C)CC3)n2)c1.CC(C)Oc1ccc(-c2ccc(C(=O)NS(=O)(=O)c3cccc(N)n3)c(N3Cc4ccccc4C3)n2)cn1.CC1CN(c2nc(-c3cnn(C(C)C)c3)ccc2C(=O)NS(=O)(=O)c2cccc(N)n2)C(C)(C)C1. The van der Waals surface area contributed by atoms with Gasteiger partial charge in [-0.05, 0) is 236 Å². The number of carbonyl (C=O) groups is 5. The number of sulfonamides is 4. The molecule has 17 rings (SSSR count). The van der Waals surface area contributed by atoms with Crippen LogP contribution in [0.3, 0.4) is 0 Å². The van der Waals surface area contributed by atoms with Crippen LogP contribution in [0.1, 0.15) is 188 Å². The number of Topliss-reactive ketones (excluding diaryl/α,β-unsaturated/α-hetero) is 1. The second-order valence-electron chi connectivity index (χ2n) is 40.1. The van der Waals surface area contributed by atoms with E-state index < -0.39 is 85.9 Å². The number of ketones is 1. The average Bonchev–Trinajstić information content (AvgIpc) is 1.64. The quantitative estimate of drug-likeness (QED) is 0.0229. The standard InChI is InChI=1S/C28H33FN4O4S.C27H30FN5O5S.C27H26N6O4S.C24H31N7O3S/c1-19(2)18-37-22-16-20(15-21(29)17-22)24-9-8-23(26(31-24)33-13-10-28(3,4)11-14-33)27(34)32-38(35,36)25-7-5-6-12-30-25;1-16(2)15-38-20-11-17(10-18(28)12-20)22-9-8-21(25(30-22)33-14-19(34)13-27(33,3)4)26(35)32-39(36,37)24-7-5-6-23(29)31-24;1-17(2)37-24-13-10-18(14-29-24)22-12-11-21(26(30-22)33-15-19-6-3-4-7-20(19)16-33)27(34)32-38(35,36)25-9-5-8-23(28)31-25;1-15(2)31-14-17(12-26-31)19-10-9-18(22(27-19)30-13-16(3)11-24(30,4)5)23(32)29-35(33,34)21-8-6-7-20(25)28-21/h5-9,12,15-17,19H,10-11,13-14,18H2,1-4H3,(H,32,34);5-12,16H,13-15H2,1-4H3,(H2,29,31)(H,32,35);3-14,17H,15-16H2,1-2H3,(H2,28,31)(H,32,34);6-10,12,14-16H,11,13H2,1-5H3,(H2,25,28)(H,29,32). The molecule has 44 heteroatoms. The van der Waals surface area contributed by atoms with Gasteiger partial charge < -0.3 is 51.0 Å². The molecule has 4 aliphatic rings. The molecule has 3 saturated heterocycles. The van der Waals surface area contributed by atoms with E-state index in [2.05, 4.69) is 88.7 Å². The number of nitrogens with zero attached hydrogens (tertiary/aromatic N) is 15. The number of nitrogens with one attached hydrogen (secondary N) is 4. The van der Waals surface area contributed by atoms with Gasteiger partial charge >= 0.3 is 0 Å². The topological polar surface area (TPSA) is 523 Å². The summed E-state index contributed by atoms with van der Waals surface area (Å²) in [5, 5.41) is 3.04. The van der Waals surface area contributed by atoms with Gasteiger partial charge in [0.15, 0.2) is 25.9 Å². The molecule has 788 valence electrons. The van der Waals surface area contributed by atoms with Crippen LogP contribution in [-0.2, 0) is 58.0 Å². The molecule has 3 fully saturated rings. The van der Waals surface area contributed by atoms with Crippen LogP contribution in [0.2, 0.25) is 0 Å². The molecule has 3 aromatic carbocycles. The molecular formula is C106H120F2N22O16S4. The highest BCUT2D eigenvalue weighted by molar-refractivity contribution is 7.91. The fraction of sp³-hybridized carbons (Fsp3) is 0.330. The van der Waals surface area contributed by atoms with Crippen LogP contribution in [-0.4, -0.2) is 174 Å². The van der Waals surface area contributed by atoms with Crippen molar-refractivity contribution in [3.05, 3.63) is 264 Å². The van der Waals surface area contributed by atoms with Crippen molar-refractivity contribution in [2.75, 3.05) is 76.2 Å². The molecule has 10 N–H and O–H groups in total. The minimum atomic E-state index is -4.37. The third kappa shape index (κ3) is 27.5. The first-order valence-electron chi connectivity index (χ1n) is 48.4. The van der Waals surface area contributed by atoms with E-state index in [1.165, 1.54) is 115 Å². The van der Waals surface area contributed by atoms with Crippen molar-refractivity contribution in [2.24, 2.45) is 23.2 Å². The van der Waals surface area contributed by atoms with E-state index in [1.54, 1.807) is 71.9 Å². The molecule has 150 heavy (non-hydrogen) atoms. The van der Waals surface area contributed by atoms with Crippen molar-refractivity contribution in [1.29, 1.82) is 0 Å². The van der Waals surface area contributed by atoms with Crippen molar-refractivity contribution in [1.82, 2.24) is 73.5 Å². The largest absolute Gasteiger partial charge is 0.493 e. The number of anilines is 7. The van der Waals surface area contributed by atoms with Gasteiger partial charge in [-0.15, -0.1) is 0 Å². The molecular weight excluding hydrogens is 2000 g/mol. The number of pyridine rings is 9. The molecule has 1 unspecified atom stereocenters. The Morgan fingerprint density at radius 2 is 0.853 bits per heavy atom. The molecule has 4 amide bonds. The number of fused-ring (bicyclic) bond motifs is 1. The predicted molar refractivity (Wildman–Crippen MR) is 566 cm³/mol. The van der Waals surface area contributed by atoms with E-state index in [1.807, 2.05) is 125 Å². The number of halogens is 2. The fourth-order valence-electron chi connectivity index (χ4n) is 17.1. The molecule has 0 aliphatic carbocycles. The zero-order chi connectivity index (χ0) is 108. The normalized spacial score (nSPS) is 15.2. The lowest BCUT2D eigenvalue weighted by molar-refractivity contribution is -0.116. The number of aromatic nitrogens is 11. The van der Waals surface area contributed by atoms with Crippen LogP contribution in [0.4, 0.5) is 49.5 Å². The molecule has 0 spiro atoms. The maximum atomic E-state index is 14.5. The maximum Gasteiger partial charge on any atom is 0.281 e. The van der Waals surface area contributed by atoms with Crippen molar-refractivity contribution in [3.8, 4) is 62.4 Å². The Morgan fingerprint density at radius 1 is 0.440 bits per heavy atom. The summed E-state index contributed by atoms with van der Waals surface area (Å²) >= 11 is 0. The summed E-state index contributed by atoms with van der Waals surface area (Å²) in [6.07, 6.45) is 9.50. The third-order valence-corrected chi connectivity index (χ3v) is 29.5. The fourth-order valence-corrected chi connectivity index (χ4v) is 20.8. The van der Waals surface area contributed by atoms with Crippen LogP contribution in [0, 0.1) is 34.8 Å². The number of hydrogen-bond donors (Lipinski definition) is 7. The second-order valence-corrected chi connectivity index (χ2v) is 46.6. The van der Waals surface area contributed by atoms with Crippen LogP contribution in [0.25, 0.3) is 45.0 Å². The van der Waals surface area contributed by atoms with Gasteiger partial charge in [-0.2, -0.15) is 38.8 Å². The first-order valence-corrected chi connectivity index (χ1v) is 54.3. The van der Waals surface area contributed by atoms with Gasteiger partial charge in [0.1, 0.15) is 63.9 Å². The molecule has 13 aromatic rings. The van der Waals surface area contributed by atoms with Gasteiger partial charge in [0.2, 0.25) is 5.88 Å². The summed E-state index contributed by atoms with van der Waals surface area (Å²) in [6, 6.07) is 49.7. The van der Waals surface area contributed by atoms with E-state index in [9.17, 15) is 66.4 Å². The summed E-state index contributed by atoms with van der Waals surface area (Å²) < 4.78 is 159. The average molecular weight is 2120 g/mol. The summed E-state index contributed by atoms with van der Waals surface area (Å²) in [6.45, 7) is 34.0. The van der Waals surface area contributed by atoms with Crippen LogP contribution >= 0.6 is 0 Å². The van der Waals surface area contributed by atoms with Crippen LogP contribution in [0.15, 0.2) is 239 Å². The number of nitrogens with two attached hydrogens (primary N) is 3. The Morgan fingerprint density at radius 3 is 1.24 bits per heavy atom. The predicted octanol–water partition coefficient (Wildman–Crippen LogP) is 15.4. The summed E-state index contributed by atoms with van der Waals surface area (Å²) in [5.41, 5.74) is 23.0. The van der Waals surface area contributed by atoms with Gasteiger partial charge in [-0.25, -0.2) is 72.5 Å². The maximum absolute atomic E-state index is 14.5. The van der Waals surface area contributed by atoms with Gasteiger partial charge in [0.05, 0.1) is 77.1 Å². The van der Waals surface area contributed by atoms with Gasteiger partial charge in [-0.3, -0.25) is 28.7 Å². The van der Waals surface area contributed by atoms with Gasteiger partial charge in [-0.1, -0.05) is 97.0 Å². The smallest absolute Gasteiger partial charge is 0.281 e. The highest BCUT2D eigenvalue weighted by Crippen LogP contribution is 2.42. The lowest BCUT2D eigenvalue weighted by Crippen LogP contribution is -2.41. The van der Waals surface area contributed by atoms with Crippen molar-refractivity contribution in [3.63, 3.8) is 0 Å². The van der Waals surface area contributed by atoms with Crippen molar-refractivity contribution in [2.45, 2.75) is 186 Å². The molecule has 0 saturated carbocycles. The number of amides is 4. The summed E-state index contributed by atoms with van der Waals surface area (Å²) in [7, 11) is -17.0. The Balaban J connectivity index is 0.000000158. The molecule has 0 radical (unpaired) electrons. The summed E-state index contributed by atoms with van der Waals surface area (Å²) in [5.74, 6) is -1.08. The molecule has 10 aromatic heterocycles. The van der Waals surface area contributed by atoms with E-state index in [0.29, 0.717) is 121 Å². The minimum absolute atomic E-state index is 0.00789. The minimum Gasteiger partial charge on any atom is -0.493 e.